The number of hydrogen-bond acceptors (Lipinski definition) is 16. The van der Waals surface area contributed by atoms with Crippen LogP contribution in [0, 0.1) is 5.92 Å². The monoisotopic (exact) mass is 1040 g/mol. The van der Waals surface area contributed by atoms with Crippen LogP contribution in [0.5, 0.6) is 0 Å². The van der Waals surface area contributed by atoms with Crippen LogP contribution in [0.25, 0.3) is 0 Å². The number of unbranched alkanes of at least 4 members (excludes halogenated alkanes) is 2. The second kappa shape index (κ2) is 36.1. The first-order valence-corrected chi connectivity index (χ1v) is 24.0. The van der Waals surface area contributed by atoms with Crippen molar-refractivity contribution in [2.45, 2.75) is 165 Å². The van der Waals surface area contributed by atoms with Crippen LogP contribution in [-0.2, 0) is 47.9 Å². The first-order chi connectivity index (χ1) is 34.2. The lowest BCUT2D eigenvalue weighted by Gasteiger charge is -2.29. The summed E-state index contributed by atoms with van der Waals surface area (Å²) in [5, 5.41) is 55.7. The van der Waals surface area contributed by atoms with E-state index in [-0.39, 0.29) is 70.1 Å². The van der Waals surface area contributed by atoms with Crippen LogP contribution in [0.15, 0.2) is 9.98 Å². The summed E-state index contributed by atoms with van der Waals surface area (Å²) in [6.07, 6.45) is -1.85. The summed E-state index contributed by atoms with van der Waals surface area (Å²) >= 11 is 0. The summed E-state index contributed by atoms with van der Waals surface area (Å²) in [5.41, 5.74) is 39.2. The highest BCUT2D eigenvalue weighted by Gasteiger charge is 2.36. The molecule has 0 aliphatic heterocycles. The molecule has 0 aromatic carbocycles. The van der Waals surface area contributed by atoms with E-state index < -0.39 is 145 Å². The van der Waals surface area contributed by atoms with Gasteiger partial charge >= 0.3 is 17.9 Å². The number of rotatable bonds is 39. The van der Waals surface area contributed by atoms with Crippen molar-refractivity contribution in [2.24, 2.45) is 56.0 Å². The quantitative estimate of drug-likeness (QED) is 0.0155. The summed E-state index contributed by atoms with van der Waals surface area (Å²) in [5.74, 6) is -12.3. The van der Waals surface area contributed by atoms with Gasteiger partial charge in [0.2, 0.25) is 41.4 Å². The normalized spacial score (nSPS) is 14.7. The molecule has 416 valence electrons. The van der Waals surface area contributed by atoms with E-state index in [4.69, 9.17) is 45.2 Å². The molecule has 7 amide bonds. The average molecular weight is 1050 g/mol. The van der Waals surface area contributed by atoms with Gasteiger partial charge in [-0.3, -0.25) is 53.1 Å². The van der Waals surface area contributed by atoms with Gasteiger partial charge in [0.1, 0.15) is 42.3 Å². The second-order valence-electron chi connectivity index (χ2n) is 17.5. The maximum Gasteiger partial charge on any atom is 0.326 e. The van der Waals surface area contributed by atoms with Crippen LogP contribution >= 0.6 is 0 Å². The van der Waals surface area contributed by atoms with E-state index in [1.54, 1.807) is 0 Å². The minimum atomic E-state index is -1.87. The Morgan fingerprint density at radius 2 is 0.781 bits per heavy atom. The molecule has 0 heterocycles. The summed E-state index contributed by atoms with van der Waals surface area (Å²) in [6, 6.07) is -11.9. The van der Waals surface area contributed by atoms with Gasteiger partial charge in [0.25, 0.3) is 0 Å². The molecule has 73 heavy (non-hydrogen) atoms. The maximum absolute atomic E-state index is 14.2. The smallest absolute Gasteiger partial charge is 0.326 e. The fraction of sp³-hybridized carbons (Fsp3) is 0.721. The summed E-state index contributed by atoms with van der Waals surface area (Å²) < 4.78 is 0. The number of amides is 7. The number of carboxylic acids is 3. The Morgan fingerprint density at radius 3 is 1.16 bits per heavy atom. The predicted octanol–water partition coefficient (Wildman–Crippen LogP) is -6.08. The maximum atomic E-state index is 14.2. The van der Waals surface area contributed by atoms with Crippen molar-refractivity contribution in [3.63, 3.8) is 0 Å². The molecule has 0 rings (SSSR count). The number of carboxylic acid groups (broad SMARTS) is 3. The van der Waals surface area contributed by atoms with E-state index in [2.05, 4.69) is 47.2 Å². The Morgan fingerprint density at radius 1 is 0.438 bits per heavy atom. The molecule has 9 atom stereocenters. The molecule has 0 spiro atoms. The number of aliphatic carboxylic acids is 3. The molecular weight excluding hydrogens is 965 g/mol. The third-order valence-corrected chi connectivity index (χ3v) is 10.9. The van der Waals surface area contributed by atoms with Gasteiger partial charge in [0, 0.05) is 25.9 Å². The molecule has 0 fully saturated rings. The van der Waals surface area contributed by atoms with E-state index in [1.165, 1.54) is 13.8 Å². The fourth-order valence-corrected chi connectivity index (χ4v) is 6.80. The van der Waals surface area contributed by atoms with Gasteiger partial charge in [0.05, 0.1) is 12.1 Å². The van der Waals surface area contributed by atoms with Crippen LogP contribution in [0.4, 0.5) is 0 Å². The van der Waals surface area contributed by atoms with Gasteiger partial charge in [-0.25, -0.2) is 4.79 Å². The number of carbonyl (C=O) groups is 10. The average Bonchev–Trinajstić information content (AvgIpc) is 3.30. The SMILES string of the molecule is CC(C)[C@H](NC(=O)[C@@H](NC(=O)[C@H](CCC(=O)O)NC(=O)[C@H](CCCN=C(N)N)NC(=O)[C@H](CCCN=C(N)N)NC(=O)[C@H](CCCCN)NC(=O)[C@@H](N)CCCCN)[C@@H](C)O)C(=O)N[C@@H](CCC(=O)O)C(=O)O. The Labute approximate surface area is 423 Å². The zero-order valence-corrected chi connectivity index (χ0v) is 41.8. The van der Waals surface area contributed by atoms with Gasteiger partial charge < -0.3 is 97.8 Å². The zero-order chi connectivity index (χ0) is 55.8. The van der Waals surface area contributed by atoms with E-state index in [1.807, 2.05) is 0 Å². The van der Waals surface area contributed by atoms with Gasteiger partial charge in [-0.15, -0.1) is 0 Å². The third-order valence-electron chi connectivity index (χ3n) is 10.9. The molecule has 0 aliphatic rings. The molecule has 0 aromatic heterocycles. The molecule has 0 saturated carbocycles. The highest BCUT2D eigenvalue weighted by molar-refractivity contribution is 5.98. The lowest BCUT2D eigenvalue weighted by atomic mass is 10.0. The number of nitrogens with zero attached hydrogens (tertiary/aromatic N) is 2. The highest BCUT2D eigenvalue weighted by atomic mass is 16.4. The number of hydrogen-bond donors (Lipinski definition) is 18. The Kier molecular flexibility index (Phi) is 32.6. The van der Waals surface area contributed by atoms with Crippen molar-refractivity contribution in [2.75, 3.05) is 26.2 Å². The van der Waals surface area contributed by atoms with Crippen LogP contribution in [0.3, 0.4) is 0 Å². The van der Waals surface area contributed by atoms with Gasteiger partial charge in [0.15, 0.2) is 11.9 Å². The third kappa shape index (κ3) is 28.6. The van der Waals surface area contributed by atoms with E-state index >= 15 is 0 Å². The predicted molar refractivity (Wildman–Crippen MR) is 265 cm³/mol. The molecule has 30 heteroatoms. The van der Waals surface area contributed by atoms with Crippen molar-refractivity contribution in [1.29, 1.82) is 0 Å². The molecule has 25 N–H and O–H groups in total. The Bertz CT molecular complexity index is 1880. The number of nitrogens with two attached hydrogens (primary N) is 7. The lowest BCUT2D eigenvalue weighted by Crippen LogP contribution is -2.62. The summed E-state index contributed by atoms with van der Waals surface area (Å²) in [6.45, 7) is 4.68. The molecule has 0 aliphatic carbocycles. The highest BCUT2D eigenvalue weighted by Crippen LogP contribution is 2.11. The van der Waals surface area contributed by atoms with E-state index in [9.17, 15) is 63.3 Å². The number of aliphatic hydroxyl groups excluding tert-OH is 1. The van der Waals surface area contributed by atoms with Gasteiger partial charge in [-0.1, -0.05) is 20.3 Å². The van der Waals surface area contributed by atoms with Crippen molar-refractivity contribution < 1.29 is 68.4 Å². The lowest BCUT2D eigenvalue weighted by molar-refractivity contribution is -0.144. The largest absolute Gasteiger partial charge is 0.481 e. The zero-order valence-electron chi connectivity index (χ0n) is 41.8. The number of aliphatic hydroxyl groups is 1. The number of aliphatic imine (C=N–C) groups is 2. The van der Waals surface area contributed by atoms with Gasteiger partial charge in [-0.05, 0) is 96.6 Å². The molecule has 0 radical (unpaired) electrons. The Balaban J connectivity index is 6.88. The van der Waals surface area contributed by atoms with Crippen LogP contribution in [-0.4, -0.2) is 172 Å². The topological polar surface area (TPSA) is 543 Å². The minimum Gasteiger partial charge on any atom is -0.481 e. The molecule has 0 unspecified atom stereocenters. The molecule has 0 saturated heterocycles. The summed E-state index contributed by atoms with van der Waals surface area (Å²) in [4.78, 5) is 138. The van der Waals surface area contributed by atoms with Gasteiger partial charge in [-0.2, -0.15) is 0 Å². The molecule has 0 aromatic rings. The fourth-order valence-electron chi connectivity index (χ4n) is 6.80. The van der Waals surface area contributed by atoms with Crippen LogP contribution in [0.2, 0.25) is 0 Å². The Hall–Kier alpha value is -6.92. The summed E-state index contributed by atoms with van der Waals surface area (Å²) in [7, 11) is 0. The van der Waals surface area contributed by atoms with Crippen molar-refractivity contribution in [3.05, 3.63) is 0 Å². The van der Waals surface area contributed by atoms with Crippen molar-refractivity contribution in [3.8, 4) is 0 Å². The number of nitrogens with one attached hydrogen (secondary N) is 7. The van der Waals surface area contributed by atoms with Crippen molar-refractivity contribution >= 4 is 71.2 Å². The first kappa shape index (κ1) is 66.1. The van der Waals surface area contributed by atoms with E-state index in [0.29, 0.717) is 32.2 Å². The van der Waals surface area contributed by atoms with Crippen LogP contribution in [0.1, 0.15) is 111 Å². The number of carbonyl (C=O) groups excluding carboxylic acids is 7. The molecule has 0 bridgehead atoms. The first-order valence-electron chi connectivity index (χ1n) is 24.0. The molecular formula is C43H80N16O14. The van der Waals surface area contributed by atoms with Crippen LogP contribution < -0.4 is 77.4 Å². The second-order valence-corrected chi connectivity index (χ2v) is 17.5. The number of guanidine groups is 2. The molecule has 30 nitrogen and oxygen atoms in total. The minimum absolute atomic E-state index is 0.00961. The van der Waals surface area contributed by atoms with E-state index in [0.717, 1.165) is 6.92 Å². The van der Waals surface area contributed by atoms with Crippen molar-refractivity contribution in [1.82, 2.24) is 37.2 Å². The standard InChI is InChI=1S/C43H80N16O14/c1-22(2)32(39(70)57-29(41(72)73)15-17-31(63)64)58-40(71)33(23(3)60)59-38(69)28(14-16-30(61)62)56-37(68)27(13-9-21-52-43(49)50)55-36(67)26(12-8-20-51-42(47)48)54-35(66)25(11-5-7-19-45)53-34(65)24(46)10-4-6-18-44/h22-29,32-33,60H,4-21,44-46H2,1-3H3,(H,53,65)(H,54,66)(H,55,67)(H,56,68)(H,57,70)(H,58,71)(H,59,69)(H,61,62)(H,63,64)(H,72,73)(H4,47,48,51)(H4,49,50,52)/t23-,24+,25+,26+,27+,28+,29+,32+,33+/m1/s1.